The first kappa shape index (κ1) is 15.7. The maximum Gasteiger partial charge on any atom is 0.342 e. The number of hydrogen-bond donors (Lipinski definition) is 1. The summed E-state index contributed by atoms with van der Waals surface area (Å²) in [6.07, 6.45) is 1.43. The van der Waals surface area contributed by atoms with Crippen LogP contribution in [0.1, 0.15) is 41.5 Å². The van der Waals surface area contributed by atoms with Gasteiger partial charge in [-0.1, -0.05) is 0 Å². The molecular formula is C13H18N2O5. The molecule has 1 amide bonds. The topological polar surface area (TPSA) is 86.6 Å². The second-order valence-corrected chi connectivity index (χ2v) is 4.00. The number of rotatable bonds is 5. The summed E-state index contributed by atoms with van der Waals surface area (Å²) >= 11 is 0. The average molecular weight is 282 g/mol. The maximum absolute atomic E-state index is 12.0. The highest BCUT2D eigenvalue weighted by Gasteiger charge is 2.27. The number of nitrogens with zero attached hydrogens (tertiary/aromatic N) is 1. The molecule has 7 nitrogen and oxygen atoms in total. The number of aromatic nitrogens is 1. The Balaban J connectivity index is 3.33. The summed E-state index contributed by atoms with van der Waals surface area (Å²) in [7, 11) is 1.61. The number of nitrogens with one attached hydrogen (secondary N) is 1. The molecule has 0 aliphatic rings. The Morgan fingerprint density at radius 3 is 2.20 bits per heavy atom. The first-order chi connectivity index (χ1) is 9.42. The molecule has 0 radical (unpaired) electrons. The molecule has 0 saturated heterocycles. The molecule has 1 N–H and O–H groups in total. The summed E-state index contributed by atoms with van der Waals surface area (Å²) in [5.41, 5.74) is 0.0690. The van der Waals surface area contributed by atoms with Crippen LogP contribution in [0, 0.1) is 0 Å². The number of esters is 2. The van der Waals surface area contributed by atoms with Crippen molar-refractivity contribution in [2.75, 3.05) is 18.5 Å². The van der Waals surface area contributed by atoms with Crippen LogP contribution >= 0.6 is 0 Å². The van der Waals surface area contributed by atoms with Gasteiger partial charge in [0, 0.05) is 20.2 Å². The molecule has 0 spiro atoms. The van der Waals surface area contributed by atoms with E-state index in [1.165, 1.54) is 17.7 Å². The molecule has 7 heteroatoms. The standard InChI is InChI=1S/C13H18N2O5/c1-5-19-12(17)9-7-15(4)11(14-8(3)16)10(9)13(18)20-6-2/h7H,5-6H2,1-4H3,(H,14,16). The highest BCUT2D eigenvalue weighted by molar-refractivity contribution is 6.09. The van der Waals surface area contributed by atoms with Gasteiger partial charge in [-0.3, -0.25) is 4.79 Å². The Labute approximate surface area is 116 Å². The van der Waals surface area contributed by atoms with Crippen molar-refractivity contribution in [3.05, 3.63) is 17.3 Å². The van der Waals surface area contributed by atoms with Gasteiger partial charge in [-0.2, -0.15) is 0 Å². The molecule has 0 saturated carbocycles. The quantitative estimate of drug-likeness (QED) is 0.823. The molecule has 1 aromatic rings. The Morgan fingerprint density at radius 1 is 1.15 bits per heavy atom. The maximum atomic E-state index is 12.0. The Morgan fingerprint density at radius 2 is 1.70 bits per heavy atom. The van der Waals surface area contributed by atoms with E-state index in [4.69, 9.17) is 9.47 Å². The van der Waals surface area contributed by atoms with Crippen LogP contribution in [-0.4, -0.2) is 35.6 Å². The van der Waals surface area contributed by atoms with Crippen LogP contribution in [0.5, 0.6) is 0 Å². The molecule has 0 aliphatic heterocycles. The van der Waals surface area contributed by atoms with Gasteiger partial charge >= 0.3 is 11.9 Å². The van der Waals surface area contributed by atoms with Gasteiger partial charge in [-0.25, -0.2) is 9.59 Å². The van der Waals surface area contributed by atoms with Gasteiger partial charge in [0.05, 0.1) is 18.8 Å². The number of carbonyl (C=O) groups excluding carboxylic acids is 3. The fourth-order valence-corrected chi connectivity index (χ4v) is 1.72. The van der Waals surface area contributed by atoms with Gasteiger partial charge in [0.1, 0.15) is 11.4 Å². The normalized spacial score (nSPS) is 10.0. The zero-order chi connectivity index (χ0) is 15.3. The van der Waals surface area contributed by atoms with Crippen LogP contribution in [0.2, 0.25) is 0 Å². The number of anilines is 1. The molecule has 0 atom stereocenters. The summed E-state index contributed by atoms with van der Waals surface area (Å²) < 4.78 is 11.3. The van der Waals surface area contributed by atoms with Crippen molar-refractivity contribution < 1.29 is 23.9 Å². The SMILES string of the molecule is CCOC(=O)c1cn(C)c(NC(C)=O)c1C(=O)OCC. The second kappa shape index (κ2) is 6.74. The highest BCUT2D eigenvalue weighted by atomic mass is 16.5. The second-order valence-electron chi connectivity index (χ2n) is 4.00. The Kier molecular flexibility index (Phi) is 5.31. The number of aryl methyl sites for hydroxylation is 1. The average Bonchev–Trinajstić information content (AvgIpc) is 2.67. The van der Waals surface area contributed by atoms with E-state index in [-0.39, 0.29) is 36.1 Å². The van der Waals surface area contributed by atoms with Crippen molar-refractivity contribution in [1.29, 1.82) is 0 Å². The van der Waals surface area contributed by atoms with E-state index in [0.717, 1.165) is 0 Å². The first-order valence-corrected chi connectivity index (χ1v) is 6.23. The molecule has 0 fully saturated rings. The third-order valence-electron chi connectivity index (χ3n) is 2.45. The first-order valence-electron chi connectivity index (χ1n) is 6.23. The van der Waals surface area contributed by atoms with E-state index in [1.807, 2.05) is 0 Å². The monoisotopic (exact) mass is 282 g/mol. The van der Waals surface area contributed by atoms with E-state index in [9.17, 15) is 14.4 Å². The van der Waals surface area contributed by atoms with Gasteiger partial charge in [-0.05, 0) is 13.8 Å². The zero-order valence-corrected chi connectivity index (χ0v) is 12.0. The minimum Gasteiger partial charge on any atom is -0.462 e. The highest BCUT2D eigenvalue weighted by Crippen LogP contribution is 2.24. The molecule has 0 unspecified atom stereocenters. The van der Waals surface area contributed by atoms with Crippen LogP contribution in [0.4, 0.5) is 5.82 Å². The van der Waals surface area contributed by atoms with E-state index >= 15 is 0 Å². The third kappa shape index (κ3) is 3.37. The van der Waals surface area contributed by atoms with Crippen LogP contribution in [-0.2, 0) is 21.3 Å². The van der Waals surface area contributed by atoms with Crippen LogP contribution in [0.15, 0.2) is 6.20 Å². The summed E-state index contributed by atoms with van der Waals surface area (Å²) in [5, 5.41) is 2.51. The van der Waals surface area contributed by atoms with Crippen molar-refractivity contribution >= 4 is 23.7 Å². The number of amides is 1. The van der Waals surface area contributed by atoms with E-state index in [2.05, 4.69) is 5.32 Å². The predicted molar refractivity (Wildman–Crippen MR) is 71.6 cm³/mol. The molecule has 0 aliphatic carbocycles. The van der Waals surface area contributed by atoms with Gasteiger partial charge in [0.2, 0.25) is 5.91 Å². The molecular weight excluding hydrogens is 264 g/mol. The Hall–Kier alpha value is -2.31. The lowest BCUT2D eigenvalue weighted by Gasteiger charge is -2.08. The summed E-state index contributed by atoms with van der Waals surface area (Å²) in [6.45, 7) is 4.98. The summed E-state index contributed by atoms with van der Waals surface area (Å²) in [4.78, 5) is 35.1. The summed E-state index contributed by atoms with van der Waals surface area (Å²) in [5.74, 6) is -1.46. The van der Waals surface area contributed by atoms with Crippen LogP contribution in [0.25, 0.3) is 0 Å². The minimum atomic E-state index is -0.681. The molecule has 1 rings (SSSR count). The van der Waals surface area contributed by atoms with Gasteiger partial charge in [0.25, 0.3) is 0 Å². The van der Waals surface area contributed by atoms with Gasteiger partial charge < -0.3 is 19.4 Å². The lowest BCUT2D eigenvalue weighted by atomic mass is 10.2. The predicted octanol–water partition coefficient (Wildman–Crippen LogP) is 1.34. The van der Waals surface area contributed by atoms with Crippen molar-refractivity contribution in [3.8, 4) is 0 Å². The van der Waals surface area contributed by atoms with E-state index in [1.54, 1.807) is 20.9 Å². The van der Waals surface area contributed by atoms with E-state index < -0.39 is 11.9 Å². The van der Waals surface area contributed by atoms with Crippen molar-refractivity contribution in [2.24, 2.45) is 7.05 Å². The molecule has 110 valence electrons. The van der Waals surface area contributed by atoms with Gasteiger partial charge in [-0.15, -0.1) is 0 Å². The van der Waals surface area contributed by atoms with Crippen LogP contribution < -0.4 is 5.32 Å². The van der Waals surface area contributed by atoms with E-state index in [0.29, 0.717) is 0 Å². The molecule has 20 heavy (non-hydrogen) atoms. The van der Waals surface area contributed by atoms with Crippen LogP contribution in [0.3, 0.4) is 0 Å². The zero-order valence-electron chi connectivity index (χ0n) is 12.0. The summed E-state index contributed by atoms with van der Waals surface area (Å²) in [6, 6.07) is 0. The smallest absolute Gasteiger partial charge is 0.342 e. The molecule has 0 aromatic carbocycles. The fraction of sp³-hybridized carbons (Fsp3) is 0.462. The molecule has 1 heterocycles. The molecule has 0 bridgehead atoms. The largest absolute Gasteiger partial charge is 0.462 e. The Bertz CT molecular complexity index is 533. The van der Waals surface area contributed by atoms with Crippen molar-refractivity contribution in [3.63, 3.8) is 0 Å². The fourth-order valence-electron chi connectivity index (χ4n) is 1.72. The third-order valence-corrected chi connectivity index (χ3v) is 2.45. The lowest BCUT2D eigenvalue weighted by Crippen LogP contribution is -2.16. The van der Waals surface area contributed by atoms with Crippen molar-refractivity contribution in [1.82, 2.24) is 4.57 Å². The minimum absolute atomic E-state index is 0.00278. The lowest BCUT2D eigenvalue weighted by molar-refractivity contribution is -0.114. The van der Waals surface area contributed by atoms with Crippen molar-refractivity contribution in [2.45, 2.75) is 20.8 Å². The number of hydrogen-bond acceptors (Lipinski definition) is 5. The number of carbonyl (C=O) groups is 3. The number of ether oxygens (including phenoxy) is 2. The van der Waals surface area contributed by atoms with Gasteiger partial charge in [0.15, 0.2) is 0 Å². The molecule has 1 aromatic heterocycles.